The molecule has 2 unspecified atom stereocenters. The molecule has 0 radical (unpaired) electrons. The van der Waals surface area contributed by atoms with Crippen LogP contribution >= 0.6 is 0 Å². The first-order valence-electron chi connectivity index (χ1n) is 13.5. The van der Waals surface area contributed by atoms with Gasteiger partial charge in [0.1, 0.15) is 0 Å². The van der Waals surface area contributed by atoms with E-state index in [1.807, 2.05) is 0 Å². The minimum absolute atomic E-state index is 0.265. The summed E-state index contributed by atoms with van der Waals surface area (Å²) in [5.41, 5.74) is 0. The fraction of sp³-hybridized carbons (Fsp3) is 1.00. The van der Waals surface area contributed by atoms with Crippen LogP contribution in [0.25, 0.3) is 0 Å². The van der Waals surface area contributed by atoms with Crippen molar-refractivity contribution in [2.75, 3.05) is 13.2 Å². The predicted octanol–water partition coefficient (Wildman–Crippen LogP) is 8.60. The molecule has 4 nitrogen and oxygen atoms in total. The van der Waals surface area contributed by atoms with E-state index < -0.39 is 10.4 Å². The average molecular weight is 463 g/mol. The molecule has 31 heavy (non-hydrogen) atoms. The Balaban J connectivity index is 4.21. The van der Waals surface area contributed by atoms with E-state index in [1.165, 1.54) is 64.2 Å². The second-order valence-electron chi connectivity index (χ2n) is 9.40. The monoisotopic (exact) mass is 462 g/mol. The lowest BCUT2D eigenvalue weighted by Crippen LogP contribution is -2.20. The van der Waals surface area contributed by atoms with Crippen LogP contribution in [-0.4, -0.2) is 21.6 Å². The van der Waals surface area contributed by atoms with E-state index in [0.29, 0.717) is 11.8 Å². The smallest absolute Gasteiger partial charge is 0.248 e. The van der Waals surface area contributed by atoms with Crippen LogP contribution in [0.4, 0.5) is 0 Å². The lowest BCUT2D eigenvalue weighted by molar-refractivity contribution is 0.156. The summed E-state index contributed by atoms with van der Waals surface area (Å²) in [4.78, 5) is 0. The summed E-state index contributed by atoms with van der Waals surface area (Å²) in [6.07, 6.45) is 21.4. The van der Waals surface area contributed by atoms with Crippen molar-refractivity contribution in [1.82, 2.24) is 0 Å². The highest BCUT2D eigenvalue weighted by molar-refractivity contribution is 7.81. The molecule has 0 saturated carbocycles. The Morgan fingerprint density at radius 3 is 1.19 bits per heavy atom. The molecule has 0 heterocycles. The van der Waals surface area contributed by atoms with Crippen molar-refractivity contribution in [3.8, 4) is 0 Å². The molecule has 0 fully saturated rings. The summed E-state index contributed by atoms with van der Waals surface area (Å²) in [6, 6.07) is 0. The van der Waals surface area contributed by atoms with E-state index in [0.717, 1.165) is 51.4 Å². The summed E-state index contributed by atoms with van der Waals surface area (Å²) in [6.45, 7) is 9.29. The zero-order chi connectivity index (χ0) is 23.2. The molecular weight excluding hydrogens is 408 g/mol. The summed E-state index contributed by atoms with van der Waals surface area (Å²) in [7, 11) is -3.89. The summed E-state index contributed by atoms with van der Waals surface area (Å²) in [5, 5.41) is 0. The van der Waals surface area contributed by atoms with Gasteiger partial charge >= 0.3 is 10.4 Å². The molecule has 2 atom stereocenters. The number of rotatable bonds is 24. The van der Waals surface area contributed by atoms with Crippen LogP contribution in [0.2, 0.25) is 0 Å². The lowest BCUT2D eigenvalue weighted by atomic mass is 9.97. The predicted molar refractivity (Wildman–Crippen MR) is 134 cm³/mol. The molecule has 0 aliphatic rings. The molecule has 0 aromatic rings. The first-order valence-corrected chi connectivity index (χ1v) is 14.9. The van der Waals surface area contributed by atoms with Gasteiger partial charge in [-0.2, -0.15) is 8.42 Å². The van der Waals surface area contributed by atoms with Crippen LogP contribution in [0.5, 0.6) is 0 Å². The topological polar surface area (TPSA) is 52.6 Å². The first-order chi connectivity index (χ1) is 15.0. The van der Waals surface area contributed by atoms with Crippen LogP contribution < -0.4 is 0 Å². The van der Waals surface area contributed by atoms with Crippen molar-refractivity contribution in [2.24, 2.45) is 11.8 Å². The third kappa shape index (κ3) is 20.2. The van der Waals surface area contributed by atoms with Gasteiger partial charge in [0.25, 0.3) is 0 Å². The Labute approximate surface area is 195 Å². The quantitative estimate of drug-likeness (QED) is 0.135. The molecule has 188 valence electrons. The fourth-order valence-electron chi connectivity index (χ4n) is 4.26. The highest BCUT2D eigenvalue weighted by Crippen LogP contribution is 2.21. The molecule has 0 aromatic carbocycles. The van der Waals surface area contributed by atoms with Crippen LogP contribution in [0.15, 0.2) is 0 Å². The summed E-state index contributed by atoms with van der Waals surface area (Å²) >= 11 is 0. The third-order valence-electron chi connectivity index (χ3n) is 6.22. The van der Waals surface area contributed by atoms with Crippen molar-refractivity contribution in [3.05, 3.63) is 0 Å². The molecule has 5 heteroatoms. The fourth-order valence-corrected chi connectivity index (χ4v) is 5.04. The molecule has 0 bridgehead atoms. The van der Waals surface area contributed by atoms with Gasteiger partial charge in [-0.05, 0) is 37.5 Å². The second-order valence-corrected chi connectivity index (χ2v) is 10.7. The second kappa shape index (κ2) is 21.7. The third-order valence-corrected chi connectivity index (χ3v) is 7.07. The van der Waals surface area contributed by atoms with E-state index in [-0.39, 0.29) is 13.2 Å². The maximum absolute atomic E-state index is 12.3. The van der Waals surface area contributed by atoms with Gasteiger partial charge in [-0.1, -0.05) is 118 Å². The van der Waals surface area contributed by atoms with Gasteiger partial charge in [0, 0.05) is 0 Å². The largest absolute Gasteiger partial charge is 0.399 e. The van der Waals surface area contributed by atoms with E-state index in [1.54, 1.807) is 0 Å². The van der Waals surface area contributed by atoms with Gasteiger partial charge in [0.15, 0.2) is 0 Å². The first kappa shape index (κ1) is 30.9. The van der Waals surface area contributed by atoms with Crippen molar-refractivity contribution in [3.63, 3.8) is 0 Å². The molecule has 0 spiro atoms. The minimum atomic E-state index is -3.89. The van der Waals surface area contributed by atoms with Crippen LogP contribution in [0.1, 0.15) is 143 Å². The van der Waals surface area contributed by atoms with Gasteiger partial charge in [-0.25, -0.2) is 8.37 Å². The van der Waals surface area contributed by atoms with Gasteiger partial charge in [0.2, 0.25) is 0 Å². The number of hydrogen-bond acceptors (Lipinski definition) is 4. The molecule has 0 aliphatic heterocycles. The normalized spacial score (nSPS) is 14.1. The molecule has 0 amide bonds. The standard InChI is InChI=1S/C26H54O4S/c1-5-9-11-13-15-17-21-25(19-7-3)23-29-31(27,28)30-24-26(20-8-4)22-18-16-14-12-10-6-2/h25-26H,5-24H2,1-4H3. The molecular formula is C26H54O4S. The minimum Gasteiger partial charge on any atom is -0.248 e. The highest BCUT2D eigenvalue weighted by atomic mass is 32.3. The highest BCUT2D eigenvalue weighted by Gasteiger charge is 2.19. The van der Waals surface area contributed by atoms with Crippen molar-refractivity contribution in [2.45, 2.75) is 143 Å². The van der Waals surface area contributed by atoms with Gasteiger partial charge < -0.3 is 0 Å². The average Bonchev–Trinajstić information content (AvgIpc) is 2.75. The molecule has 0 N–H and O–H groups in total. The van der Waals surface area contributed by atoms with E-state index in [9.17, 15) is 8.42 Å². The maximum atomic E-state index is 12.3. The van der Waals surface area contributed by atoms with Crippen LogP contribution in [-0.2, 0) is 18.8 Å². The van der Waals surface area contributed by atoms with Crippen molar-refractivity contribution < 1.29 is 16.8 Å². The summed E-state index contributed by atoms with van der Waals surface area (Å²) < 4.78 is 35.2. The molecule has 0 saturated heterocycles. The van der Waals surface area contributed by atoms with E-state index >= 15 is 0 Å². The zero-order valence-electron chi connectivity index (χ0n) is 21.3. The SMILES string of the molecule is CCCCCCCCC(CCC)COS(=O)(=O)OCC(CCC)CCCCCCCC. The molecule has 0 rings (SSSR count). The summed E-state index contributed by atoms with van der Waals surface area (Å²) in [5.74, 6) is 0.619. The van der Waals surface area contributed by atoms with Gasteiger partial charge in [-0.15, -0.1) is 0 Å². The Hall–Kier alpha value is -0.130. The zero-order valence-corrected chi connectivity index (χ0v) is 22.2. The van der Waals surface area contributed by atoms with Crippen LogP contribution in [0, 0.1) is 11.8 Å². The van der Waals surface area contributed by atoms with E-state index in [2.05, 4.69) is 27.7 Å². The Bertz CT molecular complexity index is 428. The Morgan fingerprint density at radius 2 is 0.839 bits per heavy atom. The number of hydrogen-bond donors (Lipinski definition) is 0. The Morgan fingerprint density at radius 1 is 0.484 bits per heavy atom. The number of unbranched alkanes of at least 4 members (excludes halogenated alkanes) is 10. The molecule has 0 aromatic heterocycles. The Kier molecular flexibility index (Phi) is 21.6. The van der Waals surface area contributed by atoms with Gasteiger partial charge in [0.05, 0.1) is 13.2 Å². The maximum Gasteiger partial charge on any atom is 0.399 e. The van der Waals surface area contributed by atoms with E-state index in [4.69, 9.17) is 8.37 Å². The van der Waals surface area contributed by atoms with Crippen molar-refractivity contribution >= 4 is 10.4 Å². The van der Waals surface area contributed by atoms with Crippen molar-refractivity contribution in [1.29, 1.82) is 0 Å². The van der Waals surface area contributed by atoms with Crippen LogP contribution in [0.3, 0.4) is 0 Å². The van der Waals surface area contributed by atoms with Gasteiger partial charge in [-0.3, -0.25) is 0 Å². The lowest BCUT2D eigenvalue weighted by Gasteiger charge is -2.18. The molecule has 0 aliphatic carbocycles.